The zero-order valence-electron chi connectivity index (χ0n) is 8.86. The maximum atomic E-state index is 9.84. The lowest BCUT2D eigenvalue weighted by molar-refractivity contribution is 0.481. The minimum absolute atomic E-state index is 0.269. The number of phenols is 1. The number of nitrogens with zero attached hydrogens (tertiary/aromatic N) is 1. The average Bonchev–Trinajstić information content (AvgIpc) is 2.19. The molecule has 1 heterocycles. The topological polar surface area (TPSA) is 59.1 Å². The Morgan fingerprint density at radius 2 is 2.07 bits per heavy atom. The highest BCUT2D eigenvalue weighted by Crippen LogP contribution is 2.33. The van der Waals surface area contributed by atoms with E-state index in [1.54, 1.807) is 18.3 Å². The highest BCUT2D eigenvalue weighted by Gasteiger charge is 2.11. The average molecular weight is 202 g/mol. The summed E-state index contributed by atoms with van der Waals surface area (Å²) in [5.41, 5.74) is 6.80. The van der Waals surface area contributed by atoms with Crippen LogP contribution in [0.1, 0.15) is 25.3 Å². The van der Waals surface area contributed by atoms with Gasteiger partial charge in [0.1, 0.15) is 11.6 Å². The molecule has 2 aromatic rings. The summed E-state index contributed by atoms with van der Waals surface area (Å²) in [5, 5.41) is 11.5. The number of fused-ring (bicyclic) bond motifs is 1. The highest BCUT2D eigenvalue weighted by atomic mass is 16.3. The van der Waals surface area contributed by atoms with Crippen LogP contribution in [-0.2, 0) is 0 Å². The molecule has 0 fully saturated rings. The minimum Gasteiger partial charge on any atom is -0.507 e. The van der Waals surface area contributed by atoms with Gasteiger partial charge in [-0.05, 0) is 17.5 Å². The first kappa shape index (κ1) is 9.77. The van der Waals surface area contributed by atoms with Gasteiger partial charge in [-0.25, -0.2) is 4.98 Å². The molecule has 0 aliphatic rings. The minimum atomic E-state index is 0.269. The summed E-state index contributed by atoms with van der Waals surface area (Å²) in [5.74, 6) is 1.05. The third kappa shape index (κ3) is 1.50. The van der Waals surface area contributed by atoms with Gasteiger partial charge in [0, 0.05) is 17.0 Å². The Morgan fingerprint density at radius 3 is 2.73 bits per heavy atom. The SMILES string of the molecule is CC(C)c1cnc(N)c2cccc(O)c12. The molecule has 1 aromatic carbocycles. The number of aromatic nitrogens is 1. The Kier molecular flexibility index (Phi) is 2.23. The lowest BCUT2D eigenvalue weighted by Gasteiger charge is -2.11. The fourth-order valence-corrected chi connectivity index (χ4v) is 1.77. The van der Waals surface area contributed by atoms with E-state index in [-0.39, 0.29) is 5.75 Å². The van der Waals surface area contributed by atoms with Crippen molar-refractivity contribution in [2.45, 2.75) is 19.8 Å². The van der Waals surface area contributed by atoms with Crippen molar-refractivity contribution in [3.63, 3.8) is 0 Å². The lowest BCUT2D eigenvalue weighted by Crippen LogP contribution is -1.97. The van der Waals surface area contributed by atoms with Gasteiger partial charge in [-0.2, -0.15) is 0 Å². The van der Waals surface area contributed by atoms with Crippen molar-refractivity contribution >= 4 is 16.6 Å². The van der Waals surface area contributed by atoms with Gasteiger partial charge in [-0.15, -0.1) is 0 Å². The van der Waals surface area contributed by atoms with E-state index >= 15 is 0 Å². The Bertz CT molecular complexity index is 506. The number of hydrogen-bond acceptors (Lipinski definition) is 3. The second-order valence-electron chi connectivity index (χ2n) is 3.95. The molecule has 0 amide bonds. The van der Waals surface area contributed by atoms with E-state index in [2.05, 4.69) is 18.8 Å². The summed E-state index contributed by atoms with van der Waals surface area (Å²) in [7, 11) is 0. The fourth-order valence-electron chi connectivity index (χ4n) is 1.77. The molecule has 3 N–H and O–H groups in total. The van der Waals surface area contributed by atoms with Gasteiger partial charge in [-0.3, -0.25) is 0 Å². The number of nitrogens with two attached hydrogens (primary N) is 1. The van der Waals surface area contributed by atoms with Crippen LogP contribution in [-0.4, -0.2) is 10.1 Å². The molecule has 0 saturated heterocycles. The molecule has 0 radical (unpaired) electrons. The van der Waals surface area contributed by atoms with Gasteiger partial charge in [0.15, 0.2) is 0 Å². The van der Waals surface area contributed by atoms with Gasteiger partial charge in [0.05, 0.1) is 0 Å². The first-order valence-electron chi connectivity index (χ1n) is 4.97. The molecule has 0 aliphatic carbocycles. The van der Waals surface area contributed by atoms with Gasteiger partial charge in [0.25, 0.3) is 0 Å². The van der Waals surface area contributed by atoms with Gasteiger partial charge >= 0.3 is 0 Å². The van der Waals surface area contributed by atoms with Gasteiger partial charge < -0.3 is 10.8 Å². The highest BCUT2D eigenvalue weighted by molar-refractivity contribution is 5.97. The van der Waals surface area contributed by atoms with Crippen molar-refractivity contribution in [1.29, 1.82) is 0 Å². The zero-order chi connectivity index (χ0) is 11.0. The predicted octanol–water partition coefficient (Wildman–Crippen LogP) is 2.65. The molecule has 0 aliphatic heterocycles. The molecule has 3 heteroatoms. The molecule has 1 aromatic heterocycles. The van der Waals surface area contributed by atoms with Crippen LogP contribution in [0.15, 0.2) is 24.4 Å². The summed E-state index contributed by atoms with van der Waals surface area (Å²) in [6.45, 7) is 4.14. The van der Waals surface area contributed by atoms with E-state index in [1.807, 2.05) is 6.07 Å². The standard InChI is InChI=1S/C12H14N2O/c1-7(2)9-6-14-12(13)8-4-3-5-10(15)11(8)9/h3-7,15H,1-2H3,(H2,13,14). The summed E-state index contributed by atoms with van der Waals surface area (Å²) in [6.07, 6.45) is 1.74. The number of benzene rings is 1. The molecule has 0 saturated carbocycles. The summed E-state index contributed by atoms with van der Waals surface area (Å²) in [4.78, 5) is 4.14. The van der Waals surface area contributed by atoms with Crippen molar-refractivity contribution in [3.8, 4) is 5.75 Å². The molecule has 0 unspecified atom stereocenters. The van der Waals surface area contributed by atoms with Crippen LogP contribution in [0.5, 0.6) is 5.75 Å². The fraction of sp³-hybridized carbons (Fsp3) is 0.250. The van der Waals surface area contributed by atoms with Crippen molar-refractivity contribution in [1.82, 2.24) is 4.98 Å². The third-order valence-electron chi connectivity index (χ3n) is 2.57. The third-order valence-corrected chi connectivity index (χ3v) is 2.57. The number of phenolic OH excluding ortho intramolecular Hbond substituents is 1. The Labute approximate surface area is 88.6 Å². The maximum absolute atomic E-state index is 9.84. The molecule has 0 spiro atoms. The van der Waals surface area contributed by atoms with Gasteiger partial charge in [0.2, 0.25) is 0 Å². The van der Waals surface area contributed by atoms with Crippen LogP contribution in [0.25, 0.3) is 10.8 Å². The molecule has 0 bridgehead atoms. The Balaban J connectivity index is 2.90. The van der Waals surface area contributed by atoms with Crippen LogP contribution in [0.4, 0.5) is 5.82 Å². The lowest BCUT2D eigenvalue weighted by atomic mass is 9.98. The van der Waals surface area contributed by atoms with Crippen molar-refractivity contribution in [2.24, 2.45) is 0 Å². The summed E-state index contributed by atoms with van der Waals surface area (Å²) >= 11 is 0. The molecule has 2 rings (SSSR count). The monoisotopic (exact) mass is 202 g/mol. The first-order valence-corrected chi connectivity index (χ1v) is 4.97. The second-order valence-corrected chi connectivity index (χ2v) is 3.95. The second kappa shape index (κ2) is 3.42. The predicted molar refractivity (Wildman–Crippen MR) is 61.9 cm³/mol. The zero-order valence-corrected chi connectivity index (χ0v) is 8.86. The Hall–Kier alpha value is -1.77. The number of pyridine rings is 1. The maximum Gasteiger partial charge on any atom is 0.131 e. The summed E-state index contributed by atoms with van der Waals surface area (Å²) < 4.78 is 0. The number of nitrogen functional groups attached to an aromatic ring is 1. The van der Waals surface area contributed by atoms with E-state index < -0.39 is 0 Å². The van der Waals surface area contributed by atoms with Crippen molar-refractivity contribution < 1.29 is 5.11 Å². The normalized spacial score (nSPS) is 11.1. The van der Waals surface area contributed by atoms with E-state index in [4.69, 9.17) is 5.73 Å². The van der Waals surface area contributed by atoms with Crippen LogP contribution in [0, 0.1) is 0 Å². The number of aromatic hydroxyl groups is 1. The van der Waals surface area contributed by atoms with E-state index in [0.717, 1.165) is 16.3 Å². The molecular weight excluding hydrogens is 188 g/mol. The number of anilines is 1. The largest absolute Gasteiger partial charge is 0.507 e. The molecule has 3 nitrogen and oxygen atoms in total. The van der Waals surface area contributed by atoms with Gasteiger partial charge in [-0.1, -0.05) is 26.0 Å². The van der Waals surface area contributed by atoms with E-state index in [0.29, 0.717) is 11.7 Å². The quantitative estimate of drug-likeness (QED) is 0.747. The van der Waals surface area contributed by atoms with Crippen molar-refractivity contribution in [2.75, 3.05) is 5.73 Å². The Morgan fingerprint density at radius 1 is 1.33 bits per heavy atom. The molecule has 0 atom stereocenters. The molecule has 15 heavy (non-hydrogen) atoms. The molecular formula is C12H14N2O. The van der Waals surface area contributed by atoms with Crippen molar-refractivity contribution in [3.05, 3.63) is 30.0 Å². The van der Waals surface area contributed by atoms with Crippen LogP contribution in [0.3, 0.4) is 0 Å². The molecule has 78 valence electrons. The number of rotatable bonds is 1. The van der Waals surface area contributed by atoms with Crippen LogP contribution in [0.2, 0.25) is 0 Å². The van der Waals surface area contributed by atoms with Crippen LogP contribution < -0.4 is 5.73 Å². The van der Waals surface area contributed by atoms with E-state index in [1.165, 1.54) is 0 Å². The van der Waals surface area contributed by atoms with Crippen LogP contribution >= 0.6 is 0 Å². The number of hydrogen-bond donors (Lipinski definition) is 2. The first-order chi connectivity index (χ1) is 7.11. The summed E-state index contributed by atoms with van der Waals surface area (Å²) in [6, 6.07) is 5.33. The smallest absolute Gasteiger partial charge is 0.131 e. The van der Waals surface area contributed by atoms with E-state index in [9.17, 15) is 5.11 Å².